The molecule has 30 heavy (non-hydrogen) atoms. The van der Waals surface area contributed by atoms with E-state index in [1.165, 1.54) is 11.4 Å². The second kappa shape index (κ2) is 11.3. The van der Waals surface area contributed by atoms with E-state index >= 15 is 0 Å². The molecule has 162 valence electrons. The van der Waals surface area contributed by atoms with Gasteiger partial charge in [0.05, 0.1) is 0 Å². The Morgan fingerprint density at radius 3 is 1.23 bits per heavy atom. The minimum absolute atomic E-state index is 0.998. The van der Waals surface area contributed by atoms with Crippen molar-refractivity contribution in [1.29, 1.82) is 0 Å². The van der Waals surface area contributed by atoms with E-state index in [9.17, 15) is 0 Å². The summed E-state index contributed by atoms with van der Waals surface area (Å²) >= 11 is 0. The molecule has 0 saturated carbocycles. The fraction of sp³-hybridized carbons (Fsp3) is 0.417. The highest BCUT2D eigenvalue weighted by atomic mass is 28.3. The van der Waals surface area contributed by atoms with Crippen molar-refractivity contribution in [3.05, 3.63) is 60.7 Å². The van der Waals surface area contributed by atoms with Crippen LogP contribution in [0.25, 0.3) is 0 Å². The van der Waals surface area contributed by atoms with Gasteiger partial charge in [-0.3, -0.25) is 9.35 Å². The van der Waals surface area contributed by atoms with Gasteiger partial charge in [0, 0.05) is 23.8 Å². The third kappa shape index (κ3) is 7.91. The van der Waals surface area contributed by atoms with Crippen LogP contribution in [0.5, 0.6) is 0 Å². The second-order valence-corrected chi connectivity index (χ2v) is 19.0. The third-order valence-corrected chi connectivity index (χ3v) is 7.87. The Morgan fingerprint density at radius 1 is 0.600 bits per heavy atom. The number of rotatable bonds is 11. The van der Waals surface area contributed by atoms with Crippen molar-refractivity contribution in [3.8, 4) is 0 Å². The van der Waals surface area contributed by atoms with Crippen LogP contribution in [-0.2, 0) is 0 Å². The number of hydrogen-bond donors (Lipinski definition) is 0. The average molecular weight is 439 g/mol. The molecular weight excluding hydrogens is 400 g/mol. The molecule has 0 amide bonds. The topological polar surface area (TPSA) is 31.2 Å². The van der Waals surface area contributed by atoms with Crippen molar-refractivity contribution in [2.75, 3.05) is 9.35 Å². The lowest BCUT2D eigenvalue weighted by molar-refractivity contribution is 0.803. The zero-order chi connectivity index (χ0) is 22.0. The molecule has 0 heterocycles. The normalized spacial score (nSPS) is 12.6. The summed E-state index contributed by atoms with van der Waals surface area (Å²) < 4.78 is 4.47. The molecule has 0 aliphatic heterocycles. The van der Waals surface area contributed by atoms with E-state index in [0.717, 1.165) is 25.7 Å². The van der Waals surface area contributed by atoms with Crippen LogP contribution in [0.15, 0.2) is 70.9 Å². The molecule has 0 bridgehead atoms. The minimum Gasteiger partial charge on any atom is -0.296 e. The standard InChI is InChI=1S/C24H38N4Si2/c1-29(2,3)27(23-17-11-9-12-18-23)25-21-15-7-8-16-22-26-28(30(4,5)6)24-19-13-10-14-20-24/h9-14,17-22H,7-8,15-16H2,1-6H3/b25-21+,26-22+. The lowest BCUT2D eigenvalue weighted by Gasteiger charge is -2.31. The van der Waals surface area contributed by atoms with Crippen LogP contribution in [0.3, 0.4) is 0 Å². The molecule has 0 aromatic heterocycles. The first kappa shape index (κ1) is 24.1. The molecule has 0 aliphatic carbocycles. The van der Waals surface area contributed by atoms with E-state index in [4.69, 9.17) is 10.2 Å². The maximum Gasteiger partial charge on any atom is 0.176 e. The zero-order valence-electron chi connectivity index (χ0n) is 19.5. The summed E-state index contributed by atoms with van der Waals surface area (Å²) in [6.45, 7) is 13.9. The van der Waals surface area contributed by atoms with Crippen LogP contribution in [-0.4, -0.2) is 28.9 Å². The Balaban J connectivity index is 1.82. The number of benzene rings is 2. The summed E-state index contributed by atoms with van der Waals surface area (Å²) in [6.07, 6.45) is 8.42. The van der Waals surface area contributed by atoms with Gasteiger partial charge in [0.2, 0.25) is 0 Å². The van der Waals surface area contributed by atoms with Crippen LogP contribution in [0.1, 0.15) is 25.7 Å². The highest BCUT2D eigenvalue weighted by molar-refractivity contribution is 6.80. The van der Waals surface area contributed by atoms with Crippen molar-refractivity contribution < 1.29 is 0 Å². The molecule has 0 radical (unpaired) electrons. The second-order valence-electron chi connectivity index (χ2n) is 9.52. The Hall–Kier alpha value is -2.19. The molecule has 0 unspecified atom stereocenters. The first-order chi connectivity index (χ1) is 14.2. The summed E-state index contributed by atoms with van der Waals surface area (Å²) in [6, 6.07) is 21.0. The fourth-order valence-electron chi connectivity index (χ4n) is 3.14. The van der Waals surface area contributed by atoms with Gasteiger partial charge in [-0.05, 0) is 89.2 Å². The third-order valence-electron chi connectivity index (χ3n) is 4.58. The van der Waals surface area contributed by atoms with E-state index < -0.39 is 16.5 Å². The predicted molar refractivity (Wildman–Crippen MR) is 140 cm³/mol. The van der Waals surface area contributed by atoms with Gasteiger partial charge < -0.3 is 0 Å². The summed E-state index contributed by atoms with van der Waals surface area (Å²) in [5.74, 6) is 0. The maximum absolute atomic E-state index is 4.82. The van der Waals surface area contributed by atoms with E-state index in [0.29, 0.717) is 0 Å². The van der Waals surface area contributed by atoms with Gasteiger partial charge in [0.1, 0.15) is 0 Å². The lowest BCUT2D eigenvalue weighted by Crippen LogP contribution is -2.42. The van der Waals surface area contributed by atoms with Crippen LogP contribution in [0, 0.1) is 0 Å². The van der Waals surface area contributed by atoms with Gasteiger partial charge in [-0.15, -0.1) is 0 Å². The van der Waals surface area contributed by atoms with Crippen molar-refractivity contribution in [3.63, 3.8) is 0 Å². The number of nitrogens with zero attached hydrogens (tertiary/aromatic N) is 4. The van der Waals surface area contributed by atoms with Gasteiger partial charge in [-0.25, -0.2) is 0 Å². The Morgan fingerprint density at radius 2 is 0.933 bits per heavy atom. The summed E-state index contributed by atoms with van der Waals surface area (Å²) in [5, 5.41) is 9.63. The van der Waals surface area contributed by atoms with Gasteiger partial charge in [0.15, 0.2) is 16.5 Å². The number of hydrogen-bond acceptors (Lipinski definition) is 4. The highest BCUT2D eigenvalue weighted by Gasteiger charge is 2.24. The van der Waals surface area contributed by atoms with Crippen molar-refractivity contribution >= 4 is 40.3 Å². The lowest BCUT2D eigenvalue weighted by atomic mass is 10.2. The van der Waals surface area contributed by atoms with Crippen LogP contribution in [0.2, 0.25) is 39.3 Å². The van der Waals surface area contributed by atoms with E-state index in [1.807, 2.05) is 0 Å². The number of anilines is 2. The van der Waals surface area contributed by atoms with Gasteiger partial charge in [-0.2, -0.15) is 10.2 Å². The predicted octanol–water partition coefficient (Wildman–Crippen LogP) is 7.20. The first-order valence-electron chi connectivity index (χ1n) is 10.9. The maximum atomic E-state index is 4.82. The van der Waals surface area contributed by atoms with Crippen molar-refractivity contribution in [2.45, 2.75) is 65.0 Å². The zero-order valence-corrected chi connectivity index (χ0v) is 21.5. The van der Waals surface area contributed by atoms with E-state index in [2.05, 4.69) is 122 Å². The average Bonchev–Trinajstić information content (AvgIpc) is 2.69. The molecule has 6 heteroatoms. The quantitative estimate of drug-likeness (QED) is 0.161. The smallest absolute Gasteiger partial charge is 0.176 e. The Kier molecular flexibility index (Phi) is 9.05. The molecule has 4 nitrogen and oxygen atoms in total. The molecule has 0 saturated heterocycles. The largest absolute Gasteiger partial charge is 0.296 e. The molecule has 2 rings (SSSR count). The van der Waals surface area contributed by atoms with Gasteiger partial charge in [-0.1, -0.05) is 36.4 Å². The molecule has 0 N–H and O–H groups in total. The highest BCUT2D eigenvalue weighted by Crippen LogP contribution is 2.22. The monoisotopic (exact) mass is 438 g/mol. The number of para-hydroxylation sites is 2. The Bertz CT molecular complexity index is 724. The minimum atomic E-state index is -1.56. The molecule has 2 aromatic rings. The van der Waals surface area contributed by atoms with Crippen molar-refractivity contribution in [1.82, 2.24) is 0 Å². The molecule has 0 aliphatic rings. The first-order valence-corrected chi connectivity index (χ1v) is 17.8. The van der Waals surface area contributed by atoms with Gasteiger partial charge in [0.25, 0.3) is 0 Å². The van der Waals surface area contributed by atoms with Gasteiger partial charge >= 0.3 is 0 Å². The molecule has 2 aromatic carbocycles. The summed E-state index contributed by atoms with van der Waals surface area (Å²) in [4.78, 5) is 0. The molecule has 0 spiro atoms. The summed E-state index contributed by atoms with van der Waals surface area (Å²) in [5.41, 5.74) is 2.37. The van der Waals surface area contributed by atoms with Crippen LogP contribution < -0.4 is 9.35 Å². The van der Waals surface area contributed by atoms with E-state index in [1.54, 1.807) is 0 Å². The number of hydrazone groups is 2. The SMILES string of the molecule is C[Si](C)(C)N(/N=C/CCCC/C=N/N(c1ccccc1)[Si](C)(C)C)c1ccccc1. The Labute approximate surface area is 185 Å². The molecular formula is C24H38N4Si2. The fourth-order valence-corrected chi connectivity index (χ4v) is 5.85. The molecule has 0 atom stereocenters. The van der Waals surface area contributed by atoms with Crippen LogP contribution in [0.4, 0.5) is 11.4 Å². The summed E-state index contributed by atoms with van der Waals surface area (Å²) in [7, 11) is -3.12. The van der Waals surface area contributed by atoms with E-state index in [-0.39, 0.29) is 0 Å². The van der Waals surface area contributed by atoms with Crippen LogP contribution >= 0.6 is 0 Å². The number of unbranched alkanes of at least 4 members (excludes halogenated alkanes) is 3. The molecule has 0 fully saturated rings. The van der Waals surface area contributed by atoms with Crippen molar-refractivity contribution in [2.24, 2.45) is 10.2 Å².